The number of hydrogen-bond donors (Lipinski definition) is 1. The molecule has 0 aliphatic carbocycles. The van der Waals surface area contributed by atoms with Crippen molar-refractivity contribution in [2.75, 3.05) is 0 Å². The second-order valence-corrected chi connectivity index (χ2v) is 6.02. The molecule has 3 rings (SSSR count). The van der Waals surface area contributed by atoms with Crippen LogP contribution in [-0.4, -0.2) is 17.8 Å². The van der Waals surface area contributed by atoms with Crippen LogP contribution in [0.4, 0.5) is 5.69 Å². The molecule has 0 unspecified atom stereocenters. The van der Waals surface area contributed by atoms with Crippen molar-refractivity contribution < 1.29 is 9.90 Å². The Morgan fingerprint density at radius 1 is 0.920 bits per heavy atom. The van der Waals surface area contributed by atoms with Crippen LogP contribution in [0.5, 0.6) is 0 Å². The molecule has 0 radical (unpaired) electrons. The van der Waals surface area contributed by atoms with E-state index in [4.69, 9.17) is 0 Å². The Bertz CT molecular complexity index is 956. The van der Waals surface area contributed by atoms with Gasteiger partial charge in [0.25, 0.3) is 0 Å². The third kappa shape index (κ3) is 3.22. The first kappa shape index (κ1) is 16.7. The summed E-state index contributed by atoms with van der Waals surface area (Å²) in [7, 11) is 0. The van der Waals surface area contributed by atoms with Crippen molar-refractivity contribution in [3.63, 3.8) is 0 Å². The Morgan fingerprint density at radius 3 is 2.16 bits per heavy atom. The van der Waals surface area contributed by atoms with E-state index in [1.807, 2.05) is 30.3 Å². The molecular weight excluding hydrogens is 310 g/mol. The second kappa shape index (κ2) is 6.73. The number of rotatable bonds is 4. The predicted octanol–water partition coefficient (Wildman–Crippen LogP) is 5.67. The summed E-state index contributed by atoms with van der Waals surface area (Å²) < 4.78 is 0. The topological polar surface area (TPSA) is 49.7 Å². The van der Waals surface area contributed by atoms with Gasteiger partial charge in [0.2, 0.25) is 0 Å². The molecule has 3 nitrogen and oxygen atoms in total. The van der Waals surface area contributed by atoms with Crippen molar-refractivity contribution in [3.05, 3.63) is 77.4 Å². The monoisotopic (exact) mass is 329 g/mol. The Kier molecular flexibility index (Phi) is 4.48. The molecule has 0 atom stereocenters. The first-order valence-corrected chi connectivity index (χ1v) is 8.02. The van der Waals surface area contributed by atoms with Crippen LogP contribution < -0.4 is 0 Å². The highest BCUT2D eigenvalue weighted by molar-refractivity contribution is 5.93. The second-order valence-electron chi connectivity index (χ2n) is 6.02. The quantitative estimate of drug-likeness (QED) is 0.627. The zero-order valence-corrected chi connectivity index (χ0v) is 14.3. The highest BCUT2D eigenvalue weighted by atomic mass is 16.4. The molecule has 0 saturated heterocycles. The van der Waals surface area contributed by atoms with E-state index in [1.165, 1.54) is 11.1 Å². The van der Waals surface area contributed by atoms with Crippen molar-refractivity contribution in [3.8, 4) is 22.3 Å². The van der Waals surface area contributed by atoms with E-state index in [9.17, 15) is 9.90 Å². The lowest BCUT2D eigenvalue weighted by Gasteiger charge is -2.11. The Hall–Kier alpha value is -3.20. The van der Waals surface area contributed by atoms with Crippen LogP contribution >= 0.6 is 0 Å². The summed E-state index contributed by atoms with van der Waals surface area (Å²) in [6.45, 7) is 7.38. The van der Waals surface area contributed by atoms with Gasteiger partial charge in [0.05, 0.1) is 11.3 Å². The molecule has 0 spiro atoms. The van der Waals surface area contributed by atoms with Crippen LogP contribution in [-0.2, 0) is 0 Å². The number of carboxylic acid groups (broad SMARTS) is 1. The van der Waals surface area contributed by atoms with Crippen molar-refractivity contribution in [1.82, 2.24) is 0 Å². The van der Waals surface area contributed by atoms with Gasteiger partial charge < -0.3 is 5.11 Å². The summed E-state index contributed by atoms with van der Waals surface area (Å²) in [6.07, 6.45) is 0. The van der Waals surface area contributed by atoms with Crippen LogP contribution in [0.25, 0.3) is 22.3 Å². The van der Waals surface area contributed by atoms with Crippen molar-refractivity contribution in [2.24, 2.45) is 4.99 Å². The molecule has 3 heteroatoms. The third-order valence-corrected chi connectivity index (χ3v) is 4.46. The average Bonchev–Trinajstić information content (AvgIpc) is 2.62. The third-order valence-electron chi connectivity index (χ3n) is 4.46. The number of aryl methyl sites for hydroxylation is 1. The average molecular weight is 329 g/mol. The zero-order valence-electron chi connectivity index (χ0n) is 14.3. The lowest BCUT2D eigenvalue weighted by Crippen LogP contribution is -2.00. The molecular formula is C22H19NO2. The van der Waals surface area contributed by atoms with Gasteiger partial charge in [0.1, 0.15) is 0 Å². The van der Waals surface area contributed by atoms with Gasteiger partial charge in [0.15, 0.2) is 0 Å². The fourth-order valence-corrected chi connectivity index (χ4v) is 2.99. The van der Waals surface area contributed by atoms with Crippen LogP contribution in [0.1, 0.15) is 21.5 Å². The molecule has 0 heterocycles. The molecule has 0 bridgehead atoms. The minimum absolute atomic E-state index is 0.253. The van der Waals surface area contributed by atoms with E-state index in [0.717, 1.165) is 16.7 Å². The van der Waals surface area contributed by atoms with Crippen molar-refractivity contribution in [1.29, 1.82) is 0 Å². The Morgan fingerprint density at radius 2 is 1.56 bits per heavy atom. The Labute approximate surface area is 147 Å². The standard InChI is InChI=1S/C22H19NO2/c1-14-6-4-5-7-19(14)17-10-8-16(9-11-17)18-12-20(22(24)25)15(2)21(13-18)23-3/h4-13H,3H2,1-2H3,(H,24,25). The number of nitrogens with zero attached hydrogens (tertiary/aromatic N) is 1. The maximum atomic E-state index is 11.5. The lowest BCUT2D eigenvalue weighted by atomic mass is 9.95. The van der Waals surface area contributed by atoms with E-state index >= 15 is 0 Å². The zero-order chi connectivity index (χ0) is 18.0. The molecule has 3 aromatic carbocycles. The first-order valence-electron chi connectivity index (χ1n) is 8.02. The maximum Gasteiger partial charge on any atom is 0.336 e. The highest BCUT2D eigenvalue weighted by Gasteiger charge is 2.13. The van der Waals surface area contributed by atoms with E-state index in [1.54, 1.807) is 13.0 Å². The number of benzene rings is 3. The number of carboxylic acids is 1. The molecule has 0 fully saturated rings. The number of hydrogen-bond acceptors (Lipinski definition) is 2. The predicted molar refractivity (Wildman–Crippen MR) is 103 cm³/mol. The molecule has 0 aliphatic heterocycles. The van der Waals surface area contributed by atoms with Gasteiger partial charge >= 0.3 is 5.97 Å². The normalized spacial score (nSPS) is 10.5. The molecule has 25 heavy (non-hydrogen) atoms. The largest absolute Gasteiger partial charge is 0.478 e. The van der Waals surface area contributed by atoms with Crippen LogP contribution in [0.3, 0.4) is 0 Å². The van der Waals surface area contributed by atoms with E-state index in [-0.39, 0.29) is 5.56 Å². The fraction of sp³-hybridized carbons (Fsp3) is 0.0909. The van der Waals surface area contributed by atoms with E-state index in [2.05, 4.69) is 42.9 Å². The fourth-order valence-electron chi connectivity index (χ4n) is 2.99. The minimum atomic E-state index is -0.958. The number of carbonyl (C=O) groups is 1. The SMILES string of the molecule is C=Nc1cc(-c2ccc(-c3ccccc3C)cc2)cc(C(=O)O)c1C. The Balaban J connectivity index is 2.06. The van der Waals surface area contributed by atoms with Crippen molar-refractivity contribution in [2.45, 2.75) is 13.8 Å². The summed E-state index contributed by atoms with van der Waals surface area (Å²) in [6, 6.07) is 19.9. The molecule has 0 aliphatic rings. The molecule has 1 N–H and O–H groups in total. The summed E-state index contributed by atoms with van der Waals surface area (Å²) in [5.41, 5.74) is 6.79. The highest BCUT2D eigenvalue weighted by Crippen LogP contribution is 2.32. The number of aromatic carboxylic acids is 1. The van der Waals surface area contributed by atoms with Crippen LogP contribution in [0.2, 0.25) is 0 Å². The van der Waals surface area contributed by atoms with Crippen molar-refractivity contribution >= 4 is 18.4 Å². The van der Waals surface area contributed by atoms with Gasteiger partial charge in [0, 0.05) is 0 Å². The molecule has 0 saturated carbocycles. The smallest absolute Gasteiger partial charge is 0.336 e. The van der Waals surface area contributed by atoms with Gasteiger partial charge in [-0.2, -0.15) is 0 Å². The van der Waals surface area contributed by atoms with Gasteiger partial charge in [-0.15, -0.1) is 0 Å². The first-order chi connectivity index (χ1) is 12.0. The number of aliphatic imine (C=N–C) groups is 1. The molecule has 0 amide bonds. The lowest BCUT2D eigenvalue weighted by molar-refractivity contribution is 0.0696. The van der Waals surface area contributed by atoms with E-state index in [0.29, 0.717) is 11.3 Å². The molecule has 124 valence electrons. The summed E-state index contributed by atoms with van der Waals surface area (Å²) in [4.78, 5) is 15.5. The summed E-state index contributed by atoms with van der Waals surface area (Å²) in [5.74, 6) is -0.958. The van der Waals surface area contributed by atoms with Crippen LogP contribution in [0, 0.1) is 13.8 Å². The van der Waals surface area contributed by atoms with Crippen LogP contribution in [0.15, 0.2) is 65.7 Å². The van der Waals surface area contributed by atoms with Gasteiger partial charge in [-0.25, -0.2) is 4.79 Å². The minimum Gasteiger partial charge on any atom is -0.478 e. The maximum absolute atomic E-state index is 11.5. The van der Waals surface area contributed by atoms with Gasteiger partial charge in [-0.3, -0.25) is 4.99 Å². The summed E-state index contributed by atoms with van der Waals surface area (Å²) in [5, 5.41) is 9.42. The molecule has 3 aromatic rings. The van der Waals surface area contributed by atoms with Gasteiger partial charge in [-0.05, 0) is 66.1 Å². The van der Waals surface area contributed by atoms with Gasteiger partial charge in [-0.1, -0.05) is 48.5 Å². The molecule has 0 aromatic heterocycles. The van der Waals surface area contributed by atoms with E-state index < -0.39 is 5.97 Å². The summed E-state index contributed by atoms with van der Waals surface area (Å²) >= 11 is 0.